The first-order valence-corrected chi connectivity index (χ1v) is 10.7. The largest absolute Gasteiger partial charge is 0.494 e. The number of methoxy groups -OCH3 is 1. The van der Waals surface area contributed by atoms with Crippen molar-refractivity contribution < 1.29 is 9.84 Å². The molecule has 0 saturated carbocycles. The molecule has 1 aliphatic rings. The number of rotatable bonds is 6. The van der Waals surface area contributed by atoms with E-state index in [1.54, 1.807) is 31.5 Å². The molecule has 4 rings (SSSR count). The fourth-order valence-electron chi connectivity index (χ4n) is 3.98. The minimum atomic E-state index is -0.329. The highest BCUT2D eigenvalue weighted by Crippen LogP contribution is 2.25. The van der Waals surface area contributed by atoms with Gasteiger partial charge in [-0.1, -0.05) is 28.1 Å². The van der Waals surface area contributed by atoms with Gasteiger partial charge in [-0.3, -0.25) is 19.7 Å². The van der Waals surface area contributed by atoms with Crippen molar-refractivity contribution in [3.05, 3.63) is 68.4 Å². The van der Waals surface area contributed by atoms with Gasteiger partial charge >= 0.3 is 0 Å². The Morgan fingerprint density at radius 1 is 1.27 bits per heavy atom. The zero-order valence-electron chi connectivity index (χ0n) is 16.8. The molecule has 30 heavy (non-hydrogen) atoms. The van der Waals surface area contributed by atoms with Gasteiger partial charge < -0.3 is 9.84 Å². The van der Waals surface area contributed by atoms with Gasteiger partial charge in [0.05, 0.1) is 17.9 Å². The van der Waals surface area contributed by atoms with Crippen LogP contribution in [-0.2, 0) is 11.3 Å². The maximum absolute atomic E-state index is 12.1. The molecule has 1 saturated heterocycles. The molecule has 2 aromatic carbocycles. The Morgan fingerprint density at radius 2 is 2.07 bits per heavy atom. The Hall–Kier alpha value is -2.48. The van der Waals surface area contributed by atoms with Crippen LogP contribution in [0.25, 0.3) is 10.8 Å². The highest BCUT2D eigenvalue weighted by molar-refractivity contribution is 9.10. The molecule has 2 heterocycles. The van der Waals surface area contributed by atoms with E-state index in [2.05, 4.69) is 42.9 Å². The van der Waals surface area contributed by atoms with Crippen LogP contribution in [-0.4, -0.2) is 47.5 Å². The van der Waals surface area contributed by atoms with Crippen molar-refractivity contribution in [3.8, 4) is 5.88 Å². The quantitative estimate of drug-likeness (QED) is 0.525. The molecule has 0 spiro atoms. The molecule has 3 aromatic rings. The van der Waals surface area contributed by atoms with Gasteiger partial charge in [0.15, 0.2) is 0 Å². The smallest absolute Gasteiger partial charge is 0.258 e. The highest BCUT2D eigenvalue weighted by Gasteiger charge is 2.24. The van der Waals surface area contributed by atoms with Crippen molar-refractivity contribution in [1.29, 1.82) is 0 Å². The van der Waals surface area contributed by atoms with Crippen LogP contribution in [0.5, 0.6) is 5.88 Å². The van der Waals surface area contributed by atoms with Crippen molar-refractivity contribution >= 4 is 38.6 Å². The number of hydrogen-bond donors (Lipinski definition) is 2. The van der Waals surface area contributed by atoms with Gasteiger partial charge in [-0.05, 0) is 55.3 Å². The lowest BCUT2D eigenvalue weighted by Gasteiger charge is -2.23. The molecule has 0 amide bonds. The van der Waals surface area contributed by atoms with Gasteiger partial charge in [-0.2, -0.15) is 0 Å². The van der Waals surface area contributed by atoms with Crippen molar-refractivity contribution in [1.82, 2.24) is 9.88 Å². The summed E-state index contributed by atoms with van der Waals surface area (Å²) in [5.74, 6) is -0.191. The number of aliphatic imine (C=N–C) groups is 1. The number of aromatic nitrogens is 1. The molecule has 1 aliphatic heterocycles. The Balaban J connectivity index is 1.54. The zero-order chi connectivity index (χ0) is 21.1. The number of nitrogens with one attached hydrogen (secondary N) is 1. The van der Waals surface area contributed by atoms with Crippen LogP contribution < -0.4 is 5.56 Å². The van der Waals surface area contributed by atoms with Crippen molar-refractivity contribution in [3.63, 3.8) is 0 Å². The summed E-state index contributed by atoms with van der Waals surface area (Å²) in [5.41, 5.74) is 2.17. The Bertz CT molecular complexity index is 1120. The van der Waals surface area contributed by atoms with Gasteiger partial charge in [-0.25, -0.2) is 0 Å². The predicted molar refractivity (Wildman–Crippen MR) is 123 cm³/mol. The number of ether oxygens (including phenoxy) is 1. The van der Waals surface area contributed by atoms with Crippen LogP contribution in [0, 0.1) is 0 Å². The summed E-state index contributed by atoms with van der Waals surface area (Å²) in [7, 11) is 1.76. The van der Waals surface area contributed by atoms with E-state index >= 15 is 0 Å². The fourth-order valence-corrected chi connectivity index (χ4v) is 4.34. The van der Waals surface area contributed by atoms with E-state index in [9.17, 15) is 9.90 Å². The van der Waals surface area contributed by atoms with Crippen LogP contribution in [0.4, 0.5) is 5.69 Å². The molecular weight excluding hydrogens is 446 g/mol. The number of fused-ring (bicyclic) bond motifs is 1. The first-order chi connectivity index (χ1) is 14.5. The Kier molecular flexibility index (Phi) is 6.32. The third kappa shape index (κ3) is 4.48. The number of likely N-dealkylation sites (tertiary alicyclic amines) is 1. The number of hydrogen-bond acceptors (Lipinski definition) is 5. The standard InChI is InChI=1S/C23H24BrN3O3/c1-30-14-18-3-2-10-27(18)13-15-4-7-17(8-5-15)25-12-21-20-11-16(24)6-9-19(20)22(28)26-23(21)29/h4-9,11-12,18H,2-3,10,13-14H2,1H3,(H2,26,28,29)/t18-/m1/s1. The van der Waals surface area contributed by atoms with Gasteiger partial charge in [0.2, 0.25) is 5.88 Å². The maximum Gasteiger partial charge on any atom is 0.258 e. The molecule has 7 heteroatoms. The zero-order valence-corrected chi connectivity index (χ0v) is 18.4. The maximum atomic E-state index is 12.1. The number of benzene rings is 2. The lowest BCUT2D eigenvalue weighted by atomic mass is 10.1. The lowest BCUT2D eigenvalue weighted by molar-refractivity contribution is 0.112. The van der Waals surface area contributed by atoms with E-state index < -0.39 is 0 Å². The average molecular weight is 470 g/mol. The summed E-state index contributed by atoms with van der Waals surface area (Å²) < 4.78 is 6.16. The number of pyridine rings is 1. The van der Waals surface area contributed by atoms with Crippen LogP contribution in [0.1, 0.15) is 24.0 Å². The van der Waals surface area contributed by atoms with Crippen molar-refractivity contribution in [2.75, 3.05) is 20.3 Å². The van der Waals surface area contributed by atoms with Gasteiger partial charge in [-0.15, -0.1) is 0 Å². The summed E-state index contributed by atoms with van der Waals surface area (Å²) in [4.78, 5) is 21.5. The van der Waals surface area contributed by atoms with E-state index in [-0.39, 0.29) is 11.4 Å². The second kappa shape index (κ2) is 9.12. The Morgan fingerprint density at radius 3 is 2.83 bits per heavy atom. The average Bonchev–Trinajstić information content (AvgIpc) is 3.16. The van der Waals surface area contributed by atoms with Crippen LogP contribution >= 0.6 is 15.9 Å². The number of halogens is 1. The Labute approximate surface area is 183 Å². The second-order valence-corrected chi connectivity index (χ2v) is 8.47. The number of nitrogens with zero attached hydrogens (tertiary/aromatic N) is 2. The monoisotopic (exact) mass is 469 g/mol. The summed E-state index contributed by atoms with van der Waals surface area (Å²) in [6, 6.07) is 13.9. The molecular formula is C23H24BrN3O3. The minimum absolute atomic E-state index is 0.191. The van der Waals surface area contributed by atoms with Crippen LogP contribution in [0.3, 0.4) is 0 Å². The summed E-state index contributed by atoms with van der Waals surface area (Å²) in [5, 5.41) is 11.4. The molecule has 2 N–H and O–H groups in total. The van der Waals surface area contributed by atoms with E-state index in [4.69, 9.17) is 4.74 Å². The molecule has 0 radical (unpaired) electrons. The first-order valence-electron chi connectivity index (χ1n) is 9.95. The van der Waals surface area contributed by atoms with Crippen LogP contribution in [0.2, 0.25) is 0 Å². The highest BCUT2D eigenvalue weighted by atomic mass is 79.9. The third-order valence-electron chi connectivity index (χ3n) is 5.53. The second-order valence-electron chi connectivity index (χ2n) is 7.55. The number of aromatic hydroxyl groups is 1. The summed E-state index contributed by atoms with van der Waals surface area (Å²) in [6.45, 7) is 2.77. The molecule has 0 unspecified atom stereocenters. The molecule has 6 nitrogen and oxygen atoms in total. The SMILES string of the molecule is COC[C@H]1CCCN1Cc1ccc(N=Cc2c(O)[nH]c(=O)c3ccc(Br)cc23)cc1. The van der Waals surface area contributed by atoms with Crippen LogP contribution in [0.15, 0.2) is 56.7 Å². The van der Waals surface area contributed by atoms with E-state index in [0.717, 1.165) is 29.9 Å². The molecule has 1 aromatic heterocycles. The molecule has 1 fully saturated rings. The predicted octanol–water partition coefficient (Wildman–Crippen LogP) is 4.36. The molecule has 1 atom stereocenters. The number of H-pyrrole nitrogens is 1. The van der Waals surface area contributed by atoms with Gasteiger partial charge in [0.1, 0.15) is 0 Å². The molecule has 0 bridgehead atoms. The van der Waals surface area contributed by atoms with E-state index in [1.807, 2.05) is 12.1 Å². The topological polar surface area (TPSA) is 77.9 Å². The first kappa shape index (κ1) is 20.8. The lowest BCUT2D eigenvalue weighted by Crippen LogP contribution is -2.32. The number of aromatic amines is 1. The van der Waals surface area contributed by atoms with Crippen molar-refractivity contribution in [2.24, 2.45) is 4.99 Å². The minimum Gasteiger partial charge on any atom is -0.494 e. The third-order valence-corrected chi connectivity index (χ3v) is 6.02. The normalized spacial score (nSPS) is 17.3. The van der Waals surface area contributed by atoms with Gasteiger partial charge in [0, 0.05) is 41.2 Å². The fraction of sp³-hybridized carbons (Fsp3) is 0.304. The van der Waals surface area contributed by atoms with E-state index in [0.29, 0.717) is 22.4 Å². The molecule has 0 aliphatic carbocycles. The summed E-state index contributed by atoms with van der Waals surface area (Å²) in [6.07, 6.45) is 3.98. The van der Waals surface area contributed by atoms with E-state index in [1.165, 1.54) is 18.4 Å². The summed E-state index contributed by atoms with van der Waals surface area (Å²) >= 11 is 3.42. The van der Waals surface area contributed by atoms with Crippen molar-refractivity contribution in [2.45, 2.75) is 25.4 Å². The molecule has 156 valence electrons. The van der Waals surface area contributed by atoms with Gasteiger partial charge in [0.25, 0.3) is 5.56 Å².